The summed E-state index contributed by atoms with van der Waals surface area (Å²) in [5.74, 6) is 1.65. The average Bonchev–Trinajstić information content (AvgIpc) is 3.59. The van der Waals surface area contributed by atoms with Gasteiger partial charge in [0, 0.05) is 36.4 Å². The number of nitrogens with two attached hydrogens (primary N) is 2. The van der Waals surface area contributed by atoms with Gasteiger partial charge in [0.2, 0.25) is 5.91 Å². The lowest BCUT2D eigenvalue weighted by molar-refractivity contribution is -0.141. The van der Waals surface area contributed by atoms with E-state index >= 15 is 0 Å². The van der Waals surface area contributed by atoms with E-state index in [-0.39, 0.29) is 12.1 Å². The SMILES string of the molecule is FC(F)(F)c1cnc(N2C[C@@H]3CC[C@H]2C3)cn1.NC(=O)c1cccc(-c2ccnc(N[C@@H]3CCCC[C@H]3N)c2)c1. The second-order valence-corrected chi connectivity index (χ2v) is 10.8. The Morgan fingerprint density at radius 3 is 2.42 bits per heavy atom. The van der Waals surface area contributed by atoms with Gasteiger partial charge >= 0.3 is 6.18 Å². The predicted octanol–water partition coefficient (Wildman–Crippen LogP) is 5.01. The van der Waals surface area contributed by atoms with Crippen LogP contribution in [0.5, 0.6) is 0 Å². The van der Waals surface area contributed by atoms with Crippen LogP contribution in [0.1, 0.15) is 61.0 Å². The van der Waals surface area contributed by atoms with Gasteiger partial charge < -0.3 is 21.7 Å². The molecule has 1 aromatic carbocycles. The summed E-state index contributed by atoms with van der Waals surface area (Å²) in [4.78, 5) is 25.1. The second-order valence-electron chi connectivity index (χ2n) is 10.8. The minimum absolute atomic E-state index is 0.174. The van der Waals surface area contributed by atoms with Crippen LogP contribution >= 0.6 is 0 Å². The molecular formula is C29H34F3N7O. The number of nitrogens with one attached hydrogen (secondary N) is 1. The molecule has 3 aliphatic rings. The van der Waals surface area contributed by atoms with Gasteiger partial charge in [-0.15, -0.1) is 0 Å². The molecule has 3 fully saturated rings. The maximum Gasteiger partial charge on any atom is 0.434 e. The van der Waals surface area contributed by atoms with Crippen LogP contribution in [0.4, 0.5) is 24.8 Å². The lowest BCUT2D eigenvalue weighted by Crippen LogP contribution is -2.42. The molecule has 0 unspecified atom stereocenters. The third-order valence-electron chi connectivity index (χ3n) is 8.03. The van der Waals surface area contributed by atoms with Crippen molar-refractivity contribution in [3.05, 3.63) is 66.2 Å². The zero-order valence-electron chi connectivity index (χ0n) is 22.1. The highest BCUT2D eigenvalue weighted by Crippen LogP contribution is 2.39. The molecule has 4 atom stereocenters. The van der Waals surface area contributed by atoms with Crippen molar-refractivity contribution in [3.8, 4) is 11.1 Å². The van der Waals surface area contributed by atoms with Crippen molar-refractivity contribution in [2.24, 2.45) is 17.4 Å². The van der Waals surface area contributed by atoms with Crippen LogP contribution in [0, 0.1) is 5.92 Å². The van der Waals surface area contributed by atoms with Gasteiger partial charge in [-0.2, -0.15) is 13.2 Å². The molecule has 1 saturated heterocycles. The van der Waals surface area contributed by atoms with Crippen LogP contribution in [-0.2, 0) is 6.18 Å². The van der Waals surface area contributed by atoms with Gasteiger partial charge in [0.05, 0.1) is 12.4 Å². The van der Waals surface area contributed by atoms with Crippen molar-refractivity contribution in [2.75, 3.05) is 16.8 Å². The summed E-state index contributed by atoms with van der Waals surface area (Å²) in [5.41, 5.74) is 13.1. The third-order valence-corrected chi connectivity index (χ3v) is 8.03. The third kappa shape index (κ3) is 6.52. The maximum absolute atomic E-state index is 12.3. The van der Waals surface area contributed by atoms with Gasteiger partial charge in [-0.25, -0.2) is 15.0 Å². The zero-order valence-corrected chi connectivity index (χ0v) is 22.1. The first-order valence-electron chi connectivity index (χ1n) is 13.7. The van der Waals surface area contributed by atoms with Crippen LogP contribution in [0.15, 0.2) is 55.0 Å². The van der Waals surface area contributed by atoms with Gasteiger partial charge in [0.15, 0.2) is 5.69 Å². The number of nitrogens with zero attached hydrogens (tertiary/aromatic N) is 4. The first-order valence-corrected chi connectivity index (χ1v) is 13.7. The molecule has 11 heteroatoms. The number of anilines is 2. The molecule has 3 aromatic rings. The fourth-order valence-corrected chi connectivity index (χ4v) is 5.89. The van der Waals surface area contributed by atoms with Crippen molar-refractivity contribution in [3.63, 3.8) is 0 Å². The fraction of sp³-hybridized carbons (Fsp3) is 0.448. The minimum atomic E-state index is -4.41. The first kappa shape index (κ1) is 27.8. The summed E-state index contributed by atoms with van der Waals surface area (Å²) < 4.78 is 37.0. The van der Waals surface area contributed by atoms with Crippen LogP contribution in [0.3, 0.4) is 0 Å². The molecule has 1 amide bonds. The molecule has 6 rings (SSSR count). The van der Waals surface area contributed by atoms with E-state index in [0.717, 1.165) is 55.4 Å². The molecule has 212 valence electrons. The van der Waals surface area contributed by atoms with Crippen molar-refractivity contribution in [1.29, 1.82) is 0 Å². The first-order chi connectivity index (χ1) is 19.2. The van der Waals surface area contributed by atoms with Gasteiger partial charge in [0.25, 0.3) is 0 Å². The Bertz CT molecular complexity index is 1320. The molecule has 40 heavy (non-hydrogen) atoms. The Balaban J connectivity index is 0.000000168. The van der Waals surface area contributed by atoms with E-state index in [9.17, 15) is 18.0 Å². The standard InChI is InChI=1S/C18H22N4O.C11H12F3N3/c19-15-6-1-2-7-16(15)22-17-11-13(8-9-21-17)12-4-3-5-14(10-12)18(20)23;12-11(13,14)9-4-16-10(5-15-9)17-6-7-1-2-8(17)3-7/h3-5,8-11,15-16H,1-2,6-7,19H2,(H2,20,23)(H,21,22);4-5,7-8H,1-3,6H2/t15-,16-;7-,8+/m11/s1. The predicted molar refractivity (Wildman–Crippen MR) is 148 cm³/mol. The van der Waals surface area contributed by atoms with E-state index in [1.165, 1.54) is 25.5 Å². The summed E-state index contributed by atoms with van der Waals surface area (Å²) in [6, 6.07) is 12.1. The number of benzene rings is 1. The molecule has 3 heterocycles. The van der Waals surface area contributed by atoms with Crippen LogP contribution < -0.4 is 21.7 Å². The van der Waals surface area contributed by atoms with Gasteiger partial charge in [-0.05, 0) is 73.4 Å². The lowest BCUT2D eigenvalue weighted by atomic mass is 9.91. The fourth-order valence-electron chi connectivity index (χ4n) is 5.89. The van der Waals surface area contributed by atoms with Crippen molar-refractivity contribution in [2.45, 2.75) is 69.2 Å². The number of amides is 1. The Hall–Kier alpha value is -3.73. The zero-order chi connectivity index (χ0) is 28.3. The average molecular weight is 554 g/mol. The number of fused-ring (bicyclic) bond motifs is 2. The van der Waals surface area contributed by atoms with E-state index < -0.39 is 17.8 Å². The molecule has 5 N–H and O–H groups in total. The number of primary amides is 1. The molecule has 2 saturated carbocycles. The van der Waals surface area contributed by atoms with E-state index in [2.05, 4.69) is 25.2 Å². The molecule has 8 nitrogen and oxygen atoms in total. The Morgan fingerprint density at radius 2 is 1.77 bits per heavy atom. The molecule has 0 radical (unpaired) electrons. The van der Waals surface area contributed by atoms with E-state index in [4.69, 9.17) is 11.5 Å². The number of hydrogen-bond acceptors (Lipinski definition) is 7. The van der Waals surface area contributed by atoms with Crippen LogP contribution in [-0.4, -0.2) is 45.5 Å². The molecule has 2 aliphatic carbocycles. The number of halogens is 3. The minimum Gasteiger partial charge on any atom is -0.366 e. The van der Waals surface area contributed by atoms with Gasteiger partial charge in [0.1, 0.15) is 11.6 Å². The molecule has 2 bridgehead atoms. The highest BCUT2D eigenvalue weighted by Gasteiger charge is 2.39. The Kier molecular flexibility index (Phi) is 8.20. The summed E-state index contributed by atoms with van der Waals surface area (Å²) in [6.07, 6.45) is 7.44. The Labute approximate surface area is 231 Å². The van der Waals surface area contributed by atoms with Gasteiger partial charge in [-0.3, -0.25) is 4.79 Å². The van der Waals surface area contributed by atoms with Crippen LogP contribution in [0.2, 0.25) is 0 Å². The normalized spacial score (nSPS) is 23.9. The lowest BCUT2D eigenvalue weighted by Gasteiger charge is -2.29. The number of hydrogen-bond donors (Lipinski definition) is 3. The van der Waals surface area contributed by atoms with E-state index in [0.29, 0.717) is 23.3 Å². The number of piperidine rings is 1. The number of carbonyl (C=O) groups excluding carboxylic acids is 1. The highest BCUT2D eigenvalue weighted by atomic mass is 19.4. The van der Waals surface area contributed by atoms with E-state index in [1.807, 2.05) is 24.3 Å². The number of alkyl halides is 3. The maximum atomic E-state index is 12.3. The van der Waals surface area contributed by atoms with Crippen molar-refractivity contribution >= 4 is 17.5 Å². The smallest absolute Gasteiger partial charge is 0.366 e. The highest BCUT2D eigenvalue weighted by molar-refractivity contribution is 5.94. The number of pyridine rings is 1. The summed E-state index contributed by atoms with van der Waals surface area (Å²) in [5, 5.41) is 3.45. The molecule has 0 spiro atoms. The summed E-state index contributed by atoms with van der Waals surface area (Å²) >= 11 is 0. The molecular weight excluding hydrogens is 519 g/mol. The summed E-state index contributed by atoms with van der Waals surface area (Å²) in [7, 11) is 0. The largest absolute Gasteiger partial charge is 0.434 e. The number of rotatable bonds is 5. The monoisotopic (exact) mass is 553 g/mol. The number of carbonyl (C=O) groups is 1. The second kappa shape index (κ2) is 11.8. The summed E-state index contributed by atoms with van der Waals surface area (Å²) in [6.45, 7) is 0.907. The van der Waals surface area contributed by atoms with Gasteiger partial charge in [-0.1, -0.05) is 25.0 Å². The number of aromatic nitrogens is 3. The Morgan fingerprint density at radius 1 is 0.975 bits per heavy atom. The van der Waals surface area contributed by atoms with Crippen LogP contribution in [0.25, 0.3) is 11.1 Å². The topological polar surface area (TPSA) is 123 Å². The van der Waals surface area contributed by atoms with Crippen molar-refractivity contribution < 1.29 is 18.0 Å². The quantitative estimate of drug-likeness (QED) is 0.406. The van der Waals surface area contributed by atoms with Crippen molar-refractivity contribution in [1.82, 2.24) is 15.0 Å². The molecule has 1 aliphatic heterocycles. The molecule has 2 aromatic heterocycles. The van der Waals surface area contributed by atoms with E-state index in [1.54, 1.807) is 18.3 Å².